The van der Waals surface area contributed by atoms with Gasteiger partial charge in [0.25, 0.3) is 0 Å². The second-order valence-electron chi connectivity index (χ2n) is 9.03. The molecule has 0 radical (unpaired) electrons. The lowest BCUT2D eigenvalue weighted by atomic mass is 10.00. The van der Waals surface area contributed by atoms with Crippen molar-refractivity contribution >= 4 is 23.2 Å². The Morgan fingerprint density at radius 3 is 2.58 bits per heavy atom. The first-order valence-electron chi connectivity index (χ1n) is 11.3. The monoisotopic (exact) mass is 440 g/mol. The van der Waals surface area contributed by atoms with Crippen molar-refractivity contribution in [2.24, 2.45) is 5.92 Å². The van der Waals surface area contributed by atoms with Crippen LogP contribution >= 0.6 is 11.3 Å². The molecule has 1 aromatic carbocycles. The third-order valence-electron chi connectivity index (χ3n) is 6.32. The van der Waals surface area contributed by atoms with Crippen molar-refractivity contribution in [3.05, 3.63) is 51.7 Å². The maximum Gasteiger partial charge on any atom is 0.242 e. The van der Waals surface area contributed by atoms with Crippen molar-refractivity contribution in [3.8, 4) is 5.75 Å². The van der Waals surface area contributed by atoms with Crippen molar-refractivity contribution in [3.63, 3.8) is 0 Å². The summed E-state index contributed by atoms with van der Waals surface area (Å²) < 4.78 is 6.14. The van der Waals surface area contributed by atoms with Crippen LogP contribution in [0.5, 0.6) is 5.75 Å². The highest BCUT2D eigenvalue weighted by atomic mass is 32.1. The Hall–Kier alpha value is -2.34. The van der Waals surface area contributed by atoms with Crippen molar-refractivity contribution in [2.75, 3.05) is 26.2 Å². The van der Waals surface area contributed by atoms with Crippen LogP contribution in [0, 0.1) is 5.92 Å². The normalized spacial score (nSPS) is 18.1. The van der Waals surface area contributed by atoms with Gasteiger partial charge in [0.05, 0.1) is 12.6 Å². The molecule has 2 aliphatic rings. The van der Waals surface area contributed by atoms with Crippen molar-refractivity contribution in [1.82, 2.24) is 9.80 Å². The van der Waals surface area contributed by atoms with Gasteiger partial charge < -0.3 is 14.5 Å². The fourth-order valence-electron chi connectivity index (χ4n) is 4.17. The fourth-order valence-corrected chi connectivity index (χ4v) is 5.10. The van der Waals surface area contributed by atoms with E-state index in [1.807, 2.05) is 17.0 Å². The topological polar surface area (TPSA) is 49.9 Å². The Morgan fingerprint density at radius 1 is 1.19 bits per heavy atom. The highest BCUT2D eigenvalue weighted by molar-refractivity contribution is 7.10. The van der Waals surface area contributed by atoms with Gasteiger partial charge in [-0.25, -0.2) is 0 Å². The van der Waals surface area contributed by atoms with E-state index in [0.29, 0.717) is 31.5 Å². The number of hydrogen-bond acceptors (Lipinski definition) is 4. The zero-order valence-electron chi connectivity index (χ0n) is 18.7. The standard InChI is InChI=1S/C25H32N2O3S/c1-17(2)20-6-8-21(9-7-20)30-16-23-22-11-13-31-24(22)10-12-27(23)25(29)15-26(18(3)28)14-19-4-5-19/h6-9,11,13,17,19,23H,4-5,10,12,14-16H2,1-3H3/t23-/m0/s1. The maximum absolute atomic E-state index is 13.3. The molecule has 5 nitrogen and oxygen atoms in total. The van der Waals surface area contributed by atoms with Gasteiger partial charge in [-0.05, 0) is 65.8 Å². The van der Waals surface area contributed by atoms with E-state index in [1.54, 1.807) is 23.2 Å². The first-order chi connectivity index (χ1) is 14.9. The number of benzene rings is 1. The Labute approximate surface area is 189 Å². The number of nitrogens with zero attached hydrogens (tertiary/aromatic N) is 2. The van der Waals surface area contributed by atoms with Crippen LogP contribution in [-0.2, 0) is 16.0 Å². The lowest BCUT2D eigenvalue weighted by Gasteiger charge is -2.37. The van der Waals surface area contributed by atoms with Gasteiger partial charge in [0.2, 0.25) is 11.8 Å². The van der Waals surface area contributed by atoms with Gasteiger partial charge in [0, 0.05) is 24.9 Å². The molecule has 2 amide bonds. The largest absolute Gasteiger partial charge is 0.491 e. The van der Waals surface area contributed by atoms with Crippen LogP contribution in [0.25, 0.3) is 0 Å². The minimum Gasteiger partial charge on any atom is -0.491 e. The molecule has 1 atom stereocenters. The summed E-state index contributed by atoms with van der Waals surface area (Å²) in [5, 5.41) is 2.10. The van der Waals surface area contributed by atoms with Crippen LogP contribution in [-0.4, -0.2) is 47.9 Å². The number of thiophene rings is 1. The van der Waals surface area contributed by atoms with Crippen LogP contribution in [0.15, 0.2) is 35.7 Å². The number of carbonyl (C=O) groups excluding carboxylic acids is 2. The SMILES string of the molecule is CC(=O)N(CC(=O)N1CCc2sccc2[C@@H]1COc1ccc(C(C)C)cc1)CC1CC1. The molecule has 6 heteroatoms. The Morgan fingerprint density at radius 2 is 1.94 bits per heavy atom. The molecule has 2 aromatic rings. The van der Waals surface area contributed by atoms with Crippen LogP contribution in [0.4, 0.5) is 0 Å². The molecule has 4 rings (SSSR count). The van der Waals surface area contributed by atoms with Gasteiger partial charge in [-0.1, -0.05) is 26.0 Å². The Bertz CT molecular complexity index is 917. The number of hydrogen-bond donors (Lipinski definition) is 0. The summed E-state index contributed by atoms with van der Waals surface area (Å²) in [5.74, 6) is 1.85. The minimum atomic E-state index is -0.123. The lowest BCUT2D eigenvalue weighted by molar-refractivity contribution is -0.142. The summed E-state index contributed by atoms with van der Waals surface area (Å²) in [6, 6.07) is 10.2. The number of ether oxygens (including phenoxy) is 1. The van der Waals surface area contributed by atoms with Gasteiger partial charge in [0.15, 0.2) is 0 Å². The molecule has 0 unspecified atom stereocenters. The van der Waals surface area contributed by atoms with Crippen LogP contribution in [0.1, 0.15) is 61.6 Å². The molecular formula is C25H32N2O3S. The summed E-state index contributed by atoms with van der Waals surface area (Å²) in [7, 11) is 0. The first kappa shape index (κ1) is 21.9. The molecule has 0 saturated heterocycles. The summed E-state index contributed by atoms with van der Waals surface area (Å²) in [5.41, 5.74) is 2.46. The van der Waals surface area contributed by atoms with Crippen molar-refractivity contribution in [1.29, 1.82) is 0 Å². The zero-order chi connectivity index (χ0) is 22.0. The predicted molar refractivity (Wildman–Crippen MR) is 123 cm³/mol. The average molecular weight is 441 g/mol. The van der Waals surface area contributed by atoms with E-state index in [2.05, 4.69) is 37.4 Å². The summed E-state index contributed by atoms with van der Waals surface area (Å²) in [4.78, 5) is 30.3. The van der Waals surface area contributed by atoms with E-state index in [-0.39, 0.29) is 24.4 Å². The molecule has 0 spiro atoms. The van der Waals surface area contributed by atoms with E-state index in [0.717, 1.165) is 25.0 Å². The van der Waals surface area contributed by atoms with Crippen LogP contribution in [0.2, 0.25) is 0 Å². The number of fused-ring (bicyclic) bond motifs is 1. The fraction of sp³-hybridized carbons (Fsp3) is 0.520. The molecule has 1 aliphatic heterocycles. The average Bonchev–Trinajstić information content (AvgIpc) is 3.44. The molecule has 1 saturated carbocycles. The second kappa shape index (κ2) is 9.43. The highest BCUT2D eigenvalue weighted by Gasteiger charge is 2.34. The van der Waals surface area contributed by atoms with E-state index >= 15 is 0 Å². The maximum atomic E-state index is 13.3. The highest BCUT2D eigenvalue weighted by Crippen LogP contribution is 2.34. The molecule has 2 heterocycles. The third kappa shape index (κ3) is 5.29. The van der Waals surface area contributed by atoms with E-state index in [1.165, 1.54) is 16.0 Å². The number of rotatable bonds is 8. The van der Waals surface area contributed by atoms with E-state index in [4.69, 9.17) is 4.74 Å². The van der Waals surface area contributed by atoms with Crippen molar-refractivity contribution in [2.45, 2.75) is 52.0 Å². The second-order valence-corrected chi connectivity index (χ2v) is 10.0. The summed E-state index contributed by atoms with van der Waals surface area (Å²) in [6.07, 6.45) is 3.18. The first-order valence-corrected chi connectivity index (χ1v) is 12.1. The Balaban J connectivity index is 1.46. The zero-order valence-corrected chi connectivity index (χ0v) is 19.5. The predicted octanol–water partition coefficient (Wildman–Crippen LogP) is 4.63. The molecular weight excluding hydrogens is 408 g/mol. The molecule has 1 aliphatic carbocycles. The van der Waals surface area contributed by atoms with Gasteiger partial charge in [-0.2, -0.15) is 0 Å². The van der Waals surface area contributed by atoms with Crippen LogP contribution < -0.4 is 4.74 Å². The van der Waals surface area contributed by atoms with Gasteiger partial charge in [-0.15, -0.1) is 11.3 Å². The smallest absolute Gasteiger partial charge is 0.242 e. The number of amides is 2. The van der Waals surface area contributed by atoms with E-state index < -0.39 is 0 Å². The van der Waals surface area contributed by atoms with Gasteiger partial charge in [0.1, 0.15) is 12.4 Å². The summed E-state index contributed by atoms with van der Waals surface area (Å²) >= 11 is 1.75. The molecule has 1 fully saturated rings. The molecule has 31 heavy (non-hydrogen) atoms. The quantitative estimate of drug-likeness (QED) is 0.601. The Kier molecular flexibility index (Phi) is 6.65. The van der Waals surface area contributed by atoms with Gasteiger partial charge in [-0.3, -0.25) is 9.59 Å². The number of carbonyl (C=O) groups is 2. The molecule has 0 N–H and O–H groups in total. The van der Waals surface area contributed by atoms with E-state index in [9.17, 15) is 9.59 Å². The molecule has 166 valence electrons. The molecule has 1 aromatic heterocycles. The van der Waals surface area contributed by atoms with Crippen LogP contribution in [0.3, 0.4) is 0 Å². The third-order valence-corrected chi connectivity index (χ3v) is 7.31. The van der Waals surface area contributed by atoms with Crippen molar-refractivity contribution < 1.29 is 14.3 Å². The lowest BCUT2D eigenvalue weighted by Crippen LogP contribution is -2.47. The van der Waals surface area contributed by atoms with Gasteiger partial charge >= 0.3 is 0 Å². The summed E-state index contributed by atoms with van der Waals surface area (Å²) in [6.45, 7) is 7.85. The minimum absolute atomic E-state index is 0.0106. The molecule has 0 bridgehead atoms.